The molecule has 2 N–H and O–H groups in total. The van der Waals surface area contributed by atoms with Crippen LogP contribution in [0.3, 0.4) is 0 Å². The normalized spacial score (nSPS) is 13.1. The average molecular weight is 417 g/mol. The lowest BCUT2D eigenvalue weighted by atomic mass is 9.98. The van der Waals surface area contributed by atoms with Gasteiger partial charge < -0.3 is 19.9 Å². The Labute approximate surface area is 180 Å². The summed E-state index contributed by atoms with van der Waals surface area (Å²) in [6.07, 6.45) is -0.554. The molecular formula is C25H23NO5. The minimum Gasteiger partial charge on any atom is -0.496 e. The molecule has 0 radical (unpaired) electrons. The zero-order valence-corrected chi connectivity index (χ0v) is 17.3. The molecule has 0 fully saturated rings. The van der Waals surface area contributed by atoms with Gasteiger partial charge in [-0.25, -0.2) is 9.59 Å². The van der Waals surface area contributed by atoms with Crippen molar-refractivity contribution in [1.82, 2.24) is 5.32 Å². The molecule has 1 aliphatic carbocycles. The van der Waals surface area contributed by atoms with Gasteiger partial charge in [0.05, 0.1) is 13.2 Å². The topological polar surface area (TPSA) is 84.9 Å². The highest BCUT2D eigenvalue weighted by Gasteiger charge is 2.29. The van der Waals surface area contributed by atoms with Gasteiger partial charge in [-0.15, -0.1) is 0 Å². The zero-order valence-electron chi connectivity index (χ0n) is 17.3. The third kappa shape index (κ3) is 3.97. The number of aromatic carboxylic acids is 1. The second-order valence-electron chi connectivity index (χ2n) is 7.46. The van der Waals surface area contributed by atoms with E-state index in [4.69, 9.17) is 9.47 Å². The molecule has 0 aromatic heterocycles. The minimum atomic E-state index is -1.09. The lowest BCUT2D eigenvalue weighted by Gasteiger charge is -2.18. The van der Waals surface area contributed by atoms with Gasteiger partial charge in [0.25, 0.3) is 0 Å². The van der Waals surface area contributed by atoms with Gasteiger partial charge in [-0.3, -0.25) is 0 Å². The lowest BCUT2D eigenvalue weighted by molar-refractivity contribution is 0.0693. The van der Waals surface area contributed by atoms with Crippen molar-refractivity contribution in [2.24, 2.45) is 0 Å². The fraction of sp³-hybridized carbons (Fsp3) is 0.200. The van der Waals surface area contributed by atoms with Crippen molar-refractivity contribution >= 4 is 12.1 Å². The van der Waals surface area contributed by atoms with Crippen LogP contribution in [0, 0.1) is 0 Å². The van der Waals surface area contributed by atoms with E-state index < -0.39 is 18.1 Å². The summed E-state index contributed by atoms with van der Waals surface area (Å²) >= 11 is 0. The van der Waals surface area contributed by atoms with Gasteiger partial charge in [0, 0.05) is 5.92 Å². The summed E-state index contributed by atoms with van der Waals surface area (Å²) in [5.41, 5.74) is 5.31. The Morgan fingerprint density at radius 3 is 2.19 bits per heavy atom. The molecule has 0 unspecified atom stereocenters. The van der Waals surface area contributed by atoms with Gasteiger partial charge in [-0.2, -0.15) is 0 Å². The molecule has 0 aliphatic heterocycles. The maximum Gasteiger partial charge on any atom is 0.407 e. The van der Waals surface area contributed by atoms with Crippen LogP contribution in [-0.4, -0.2) is 30.9 Å². The first-order valence-electron chi connectivity index (χ1n) is 10.0. The number of alkyl carbamates (subject to hydrolysis) is 1. The molecule has 3 aromatic rings. The number of amides is 1. The van der Waals surface area contributed by atoms with Crippen LogP contribution >= 0.6 is 0 Å². The van der Waals surface area contributed by atoms with E-state index in [1.807, 2.05) is 24.3 Å². The molecule has 158 valence electrons. The van der Waals surface area contributed by atoms with E-state index >= 15 is 0 Å². The molecule has 1 aliphatic rings. The van der Waals surface area contributed by atoms with Crippen molar-refractivity contribution in [3.8, 4) is 16.9 Å². The van der Waals surface area contributed by atoms with Crippen LogP contribution in [0.2, 0.25) is 0 Å². The molecule has 0 spiro atoms. The van der Waals surface area contributed by atoms with Gasteiger partial charge in [0.2, 0.25) is 0 Å². The summed E-state index contributed by atoms with van der Waals surface area (Å²) in [6, 6.07) is 20.7. The molecule has 1 amide bonds. The van der Waals surface area contributed by atoms with Crippen LogP contribution in [0.5, 0.6) is 5.75 Å². The highest BCUT2D eigenvalue weighted by Crippen LogP contribution is 2.44. The van der Waals surface area contributed by atoms with E-state index in [1.54, 1.807) is 19.1 Å². The van der Waals surface area contributed by atoms with E-state index in [2.05, 4.69) is 29.6 Å². The molecule has 6 nitrogen and oxygen atoms in total. The van der Waals surface area contributed by atoms with Crippen molar-refractivity contribution in [2.75, 3.05) is 13.7 Å². The molecular weight excluding hydrogens is 394 g/mol. The Kier molecular flexibility index (Phi) is 5.62. The molecule has 0 heterocycles. The number of rotatable bonds is 6. The highest BCUT2D eigenvalue weighted by atomic mass is 16.5. The van der Waals surface area contributed by atoms with Crippen LogP contribution in [0.1, 0.15) is 45.9 Å². The first-order chi connectivity index (χ1) is 15.0. The molecule has 0 saturated carbocycles. The summed E-state index contributed by atoms with van der Waals surface area (Å²) in [4.78, 5) is 23.9. The maximum absolute atomic E-state index is 12.5. The number of ether oxygens (including phenoxy) is 2. The third-order valence-corrected chi connectivity index (χ3v) is 5.63. The van der Waals surface area contributed by atoms with Crippen LogP contribution in [-0.2, 0) is 4.74 Å². The van der Waals surface area contributed by atoms with Gasteiger partial charge >= 0.3 is 12.1 Å². The molecule has 1 atom stereocenters. The predicted molar refractivity (Wildman–Crippen MR) is 117 cm³/mol. The van der Waals surface area contributed by atoms with Crippen molar-refractivity contribution in [3.63, 3.8) is 0 Å². The zero-order chi connectivity index (χ0) is 22.0. The van der Waals surface area contributed by atoms with Gasteiger partial charge in [-0.1, -0.05) is 54.6 Å². The Balaban J connectivity index is 1.44. The number of carboxylic acid groups (broad SMARTS) is 1. The standard InChI is InChI=1S/C25H23NO5/c1-15(16-11-12-23(30-2)21(13-16)24(27)28)26-25(29)31-14-22-19-9-5-3-7-17(19)18-8-4-6-10-20(18)22/h3-13,15,22H,14H2,1-2H3,(H,26,29)(H,27,28)/t15-/m0/s1. The fourth-order valence-electron chi connectivity index (χ4n) is 4.06. The first kappa shape index (κ1) is 20.5. The number of carboxylic acids is 1. The Bertz CT molecular complexity index is 1090. The van der Waals surface area contributed by atoms with Crippen LogP contribution in [0.15, 0.2) is 66.7 Å². The quantitative estimate of drug-likeness (QED) is 0.590. The monoisotopic (exact) mass is 417 g/mol. The molecule has 0 saturated heterocycles. The van der Waals surface area contributed by atoms with E-state index in [1.165, 1.54) is 24.3 Å². The number of hydrogen-bond acceptors (Lipinski definition) is 4. The van der Waals surface area contributed by atoms with E-state index in [9.17, 15) is 14.7 Å². The van der Waals surface area contributed by atoms with E-state index in [0.717, 1.165) is 11.1 Å². The number of carbonyl (C=O) groups excluding carboxylic acids is 1. The number of benzene rings is 3. The SMILES string of the molecule is COc1ccc([C@H](C)NC(=O)OCC2c3ccccc3-c3ccccc32)cc1C(=O)O. The van der Waals surface area contributed by atoms with Gasteiger partial charge in [0.15, 0.2) is 0 Å². The van der Waals surface area contributed by atoms with E-state index in [0.29, 0.717) is 5.56 Å². The summed E-state index contributed by atoms with van der Waals surface area (Å²) in [6.45, 7) is 1.99. The van der Waals surface area contributed by atoms with Crippen LogP contribution < -0.4 is 10.1 Å². The fourth-order valence-corrected chi connectivity index (χ4v) is 4.06. The Morgan fingerprint density at radius 1 is 1.00 bits per heavy atom. The van der Waals surface area contributed by atoms with Crippen molar-refractivity contribution in [1.29, 1.82) is 0 Å². The molecule has 4 rings (SSSR count). The molecule has 0 bridgehead atoms. The first-order valence-corrected chi connectivity index (χ1v) is 10.0. The minimum absolute atomic E-state index is 0.0203. The van der Waals surface area contributed by atoms with E-state index in [-0.39, 0.29) is 23.8 Å². The van der Waals surface area contributed by atoms with Gasteiger partial charge in [0.1, 0.15) is 17.9 Å². The van der Waals surface area contributed by atoms with Crippen LogP contribution in [0.4, 0.5) is 4.79 Å². The summed E-state index contributed by atoms with van der Waals surface area (Å²) in [5.74, 6) is -0.843. The summed E-state index contributed by atoms with van der Waals surface area (Å²) in [7, 11) is 1.42. The Hall–Kier alpha value is -3.80. The molecule has 31 heavy (non-hydrogen) atoms. The second-order valence-corrected chi connectivity index (χ2v) is 7.46. The number of fused-ring (bicyclic) bond motifs is 3. The number of carbonyl (C=O) groups is 2. The lowest BCUT2D eigenvalue weighted by Crippen LogP contribution is -2.28. The molecule has 6 heteroatoms. The number of nitrogens with one attached hydrogen (secondary N) is 1. The summed E-state index contributed by atoms with van der Waals surface area (Å²) in [5, 5.41) is 12.1. The average Bonchev–Trinajstić information content (AvgIpc) is 3.11. The van der Waals surface area contributed by atoms with Crippen molar-refractivity contribution in [3.05, 3.63) is 89.0 Å². The van der Waals surface area contributed by atoms with Crippen molar-refractivity contribution in [2.45, 2.75) is 18.9 Å². The van der Waals surface area contributed by atoms with Crippen LogP contribution in [0.25, 0.3) is 11.1 Å². The number of hydrogen-bond donors (Lipinski definition) is 2. The predicted octanol–water partition coefficient (Wildman–Crippen LogP) is 4.99. The molecule has 3 aromatic carbocycles. The van der Waals surface area contributed by atoms with Crippen molar-refractivity contribution < 1.29 is 24.2 Å². The number of methoxy groups -OCH3 is 1. The smallest absolute Gasteiger partial charge is 0.407 e. The van der Waals surface area contributed by atoms with Gasteiger partial charge in [-0.05, 0) is 46.9 Å². The Morgan fingerprint density at radius 2 is 1.61 bits per heavy atom. The maximum atomic E-state index is 12.5. The second kappa shape index (κ2) is 8.52. The third-order valence-electron chi connectivity index (χ3n) is 5.63. The highest BCUT2D eigenvalue weighted by molar-refractivity contribution is 5.91. The largest absolute Gasteiger partial charge is 0.496 e. The summed E-state index contributed by atoms with van der Waals surface area (Å²) < 4.78 is 10.6.